The largest absolute Gasteiger partial charge is 0.398 e. The summed E-state index contributed by atoms with van der Waals surface area (Å²) in [5, 5.41) is 10.9. The molecule has 20 heavy (non-hydrogen) atoms. The quantitative estimate of drug-likeness (QED) is 0.633. The molecule has 2 aromatic carbocycles. The van der Waals surface area contributed by atoms with Crippen molar-refractivity contribution in [3.63, 3.8) is 0 Å². The Balaban J connectivity index is 1.85. The van der Waals surface area contributed by atoms with Gasteiger partial charge < -0.3 is 11.1 Å². The van der Waals surface area contributed by atoms with Crippen molar-refractivity contribution in [3.8, 4) is 0 Å². The van der Waals surface area contributed by atoms with Crippen LogP contribution < -0.4 is 11.1 Å². The second kappa shape index (κ2) is 4.86. The molecule has 0 aliphatic carbocycles. The average Bonchev–Trinajstić information content (AvgIpc) is 2.89. The van der Waals surface area contributed by atoms with Crippen molar-refractivity contribution < 1.29 is 4.79 Å². The number of carbonyl (C=O) groups is 1. The molecule has 0 fully saturated rings. The summed E-state index contributed by atoms with van der Waals surface area (Å²) in [6.07, 6.45) is 1.70. The van der Waals surface area contributed by atoms with Gasteiger partial charge in [0.15, 0.2) is 0 Å². The van der Waals surface area contributed by atoms with Gasteiger partial charge in [0.25, 0.3) is 5.91 Å². The van der Waals surface area contributed by atoms with E-state index in [-0.39, 0.29) is 5.91 Å². The van der Waals surface area contributed by atoms with Crippen LogP contribution in [0.1, 0.15) is 10.4 Å². The van der Waals surface area contributed by atoms with Gasteiger partial charge >= 0.3 is 0 Å². The summed E-state index contributed by atoms with van der Waals surface area (Å²) in [6.45, 7) is 0. The molecular weight excluding hydrogens is 276 g/mol. The summed E-state index contributed by atoms with van der Waals surface area (Å²) in [6, 6.07) is 10.3. The van der Waals surface area contributed by atoms with Gasteiger partial charge in [-0.1, -0.05) is 11.6 Å². The predicted octanol–water partition coefficient (Wildman–Crippen LogP) is 3.05. The lowest BCUT2D eigenvalue weighted by molar-refractivity contribution is 0.102. The van der Waals surface area contributed by atoms with Crippen molar-refractivity contribution in [1.29, 1.82) is 0 Å². The maximum atomic E-state index is 12.1. The molecule has 0 atom stereocenters. The third-order valence-corrected chi connectivity index (χ3v) is 3.29. The minimum Gasteiger partial charge on any atom is -0.398 e. The molecule has 0 saturated heterocycles. The maximum Gasteiger partial charge on any atom is 0.255 e. The van der Waals surface area contributed by atoms with Crippen molar-refractivity contribution in [2.75, 3.05) is 11.1 Å². The third-order valence-electron chi connectivity index (χ3n) is 2.96. The van der Waals surface area contributed by atoms with E-state index in [1.165, 1.54) is 0 Å². The van der Waals surface area contributed by atoms with Crippen molar-refractivity contribution in [2.24, 2.45) is 0 Å². The van der Waals surface area contributed by atoms with Crippen molar-refractivity contribution in [3.05, 3.63) is 53.2 Å². The van der Waals surface area contributed by atoms with Gasteiger partial charge in [0, 0.05) is 16.6 Å². The number of hydrogen-bond donors (Lipinski definition) is 3. The lowest BCUT2D eigenvalue weighted by Gasteiger charge is -2.06. The van der Waals surface area contributed by atoms with Gasteiger partial charge in [-0.25, -0.2) is 0 Å². The van der Waals surface area contributed by atoms with Crippen molar-refractivity contribution >= 4 is 39.8 Å². The number of hydrogen-bond acceptors (Lipinski definition) is 3. The highest BCUT2D eigenvalue weighted by molar-refractivity contribution is 6.33. The van der Waals surface area contributed by atoms with Gasteiger partial charge in [0.1, 0.15) is 0 Å². The number of nitrogens with zero attached hydrogens (tertiary/aromatic N) is 1. The summed E-state index contributed by atoms with van der Waals surface area (Å²) in [4.78, 5) is 12.1. The van der Waals surface area contributed by atoms with Crippen LogP contribution in [0.3, 0.4) is 0 Å². The fraction of sp³-hybridized carbons (Fsp3) is 0. The lowest BCUT2D eigenvalue weighted by Crippen LogP contribution is -2.11. The molecule has 100 valence electrons. The normalized spacial score (nSPS) is 10.7. The van der Waals surface area contributed by atoms with Gasteiger partial charge in [-0.05, 0) is 36.4 Å². The molecule has 3 aromatic rings. The maximum absolute atomic E-state index is 12.1. The van der Waals surface area contributed by atoms with Crippen molar-refractivity contribution in [2.45, 2.75) is 0 Å². The number of aromatic amines is 1. The summed E-state index contributed by atoms with van der Waals surface area (Å²) in [5.41, 5.74) is 8.13. The van der Waals surface area contributed by atoms with Gasteiger partial charge in [-0.2, -0.15) is 5.10 Å². The first kappa shape index (κ1) is 12.5. The number of carbonyl (C=O) groups excluding carboxylic acids is 1. The standard InChI is InChI=1S/C14H11ClN4O/c15-11-6-8(1-3-12(11)16)14(20)18-10-2-4-13-9(5-10)7-17-19-13/h1-7H,16H2,(H,17,19)(H,18,20). The Kier molecular flexibility index (Phi) is 3.04. The van der Waals surface area contributed by atoms with Crippen molar-refractivity contribution in [1.82, 2.24) is 10.2 Å². The van der Waals surface area contributed by atoms with E-state index >= 15 is 0 Å². The smallest absolute Gasteiger partial charge is 0.255 e. The summed E-state index contributed by atoms with van der Waals surface area (Å²) in [5.74, 6) is -0.241. The van der Waals surface area contributed by atoms with E-state index in [0.717, 1.165) is 10.9 Å². The van der Waals surface area contributed by atoms with Crippen LogP contribution in [0.4, 0.5) is 11.4 Å². The van der Waals surface area contributed by atoms with Crippen LogP contribution in [0.15, 0.2) is 42.6 Å². The van der Waals surface area contributed by atoms with Crippen LogP contribution in [0.25, 0.3) is 10.9 Å². The average molecular weight is 287 g/mol. The molecule has 0 spiro atoms. The first-order valence-electron chi connectivity index (χ1n) is 5.93. The molecule has 0 unspecified atom stereocenters. The van der Waals surface area contributed by atoms with E-state index in [0.29, 0.717) is 22.0 Å². The minimum atomic E-state index is -0.241. The zero-order valence-electron chi connectivity index (χ0n) is 10.4. The number of fused-ring (bicyclic) bond motifs is 1. The van der Waals surface area contributed by atoms with E-state index in [1.54, 1.807) is 30.5 Å². The Labute approximate surface area is 119 Å². The second-order valence-corrected chi connectivity index (χ2v) is 4.77. The highest BCUT2D eigenvalue weighted by Gasteiger charge is 2.08. The first-order valence-corrected chi connectivity index (χ1v) is 6.31. The highest BCUT2D eigenvalue weighted by atomic mass is 35.5. The van der Waals surface area contributed by atoms with E-state index in [2.05, 4.69) is 15.5 Å². The molecule has 4 N–H and O–H groups in total. The highest BCUT2D eigenvalue weighted by Crippen LogP contribution is 2.21. The molecule has 0 aliphatic heterocycles. The lowest BCUT2D eigenvalue weighted by atomic mass is 10.2. The number of nitrogens with one attached hydrogen (secondary N) is 2. The Morgan fingerprint density at radius 2 is 2.10 bits per heavy atom. The predicted molar refractivity (Wildman–Crippen MR) is 79.9 cm³/mol. The van der Waals surface area contributed by atoms with Crippen LogP contribution in [0, 0.1) is 0 Å². The Hall–Kier alpha value is -2.53. The molecule has 0 saturated carbocycles. The number of amides is 1. The number of nitrogen functional groups attached to an aromatic ring is 1. The van der Waals surface area contributed by atoms with Gasteiger partial charge in [-0.15, -0.1) is 0 Å². The van der Waals surface area contributed by atoms with Crippen LogP contribution in [-0.4, -0.2) is 16.1 Å². The third kappa shape index (κ3) is 2.31. The minimum absolute atomic E-state index is 0.241. The Morgan fingerprint density at radius 1 is 1.25 bits per heavy atom. The fourth-order valence-electron chi connectivity index (χ4n) is 1.89. The molecule has 1 heterocycles. The number of halogens is 1. The Morgan fingerprint density at radius 3 is 2.90 bits per heavy atom. The van der Waals surface area contributed by atoms with Gasteiger partial charge in [0.2, 0.25) is 0 Å². The molecule has 3 rings (SSSR count). The van der Waals surface area contributed by atoms with Crippen LogP contribution in [0.2, 0.25) is 5.02 Å². The number of anilines is 2. The SMILES string of the molecule is Nc1ccc(C(=O)Nc2ccc3[nH]ncc3c2)cc1Cl. The Bertz CT molecular complexity index is 797. The fourth-order valence-corrected chi connectivity index (χ4v) is 2.07. The number of rotatable bonds is 2. The molecule has 6 heteroatoms. The zero-order chi connectivity index (χ0) is 14.1. The summed E-state index contributed by atoms with van der Waals surface area (Å²) >= 11 is 5.91. The molecule has 0 radical (unpaired) electrons. The number of H-pyrrole nitrogens is 1. The van der Waals surface area contributed by atoms with Gasteiger partial charge in [0.05, 0.1) is 22.4 Å². The summed E-state index contributed by atoms with van der Waals surface area (Å²) in [7, 11) is 0. The van der Waals surface area contributed by atoms with Gasteiger partial charge in [-0.3, -0.25) is 9.89 Å². The molecule has 1 amide bonds. The number of benzene rings is 2. The molecule has 0 aliphatic rings. The van der Waals surface area contributed by atoms with Crippen LogP contribution in [0.5, 0.6) is 0 Å². The molecule has 1 aromatic heterocycles. The second-order valence-electron chi connectivity index (χ2n) is 4.36. The summed E-state index contributed by atoms with van der Waals surface area (Å²) < 4.78 is 0. The van der Waals surface area contributed by atoms with E-state index in [9.17, 15) is 4.79 Å². The number of aromatic nitrogens is 2. The van der Waals surface area contributed by atoms with E-state index in [1.807, 2.05) is 12.1 Å². The topological polar surface area (TPSA) is 83.8 Å². The van der Waals surface area contributed by atoms with E-state index < -0.39 is 0 Å². The zero-order valence-corrected chi connectivity index (χ0v) is 11.1. The molecular formula is C14H11ClN4O. The molecule has 5 nitrogen and oxygen atoms in total. The van der Waals surface area contributed by atoms with Crippen LogP contribution in [-0.2, 0) is 0 Å². The van der Waals surface area contributed by atoms with Crippen LogP contribution >= 0.6 is 11.6 Å². The number of nitrogens with two attached hydrogens (primary N) is 1. The first-order chi connectivity index (χ1) is 9.63. The van der Waals surface area contributed by atoms with E-state index in [4.69, 9.17) is 17.3 Å². The monoisotopic (exact) mass is 286 g/mol. The molecule has 0 bridgehead atoms.